The fraction of sp³-hybridized carbons (Fsp3) is 1.00. The summed E-state index contributed by atoms with van der Waals surface area (Å²) >= 11 is 77.3. The molecule has 0 aliphatic rings. The molecule has 0 saturated heterocycles. The number of hydrogen-bond donors (Lipinski definition) is 12. The van der Waals surface area contributed by atoms with Crippen LogP contribution < -0.4 is 0 Å². The van der Waals surface area contributed by atoms with Crippen LogP contribution in [0.5, 0.6) is 0 Å². The van der Waals surface area contributed by atoms with Crippen LogP contribution in [0.25, 0.3) is 0 Å². The van der Waals surface area contributed by atoms with E-state index in [4.69, 9.17) is 220 Å². The van der Waals surface area contributed by atoms with Crippen LogP contribution >= 0.6 is 247 Å². The van der Waals surface area contributed by atoms with E-state index in [2.05, 4.69) is 48.5 Å². The summed E-state index contributed by atoms with van der Waals surface area (Å²) in [6.07, 6.45) is 16.5. The SMILES string of the molecule is CCO[Si](CS(S)(SS)C(C)(C(CCC(C)CCCC(C)CCCCC(C)CCCC(C)CCCC(C)C)(S(S)(C[Si](OCC)(OCC)OCC)SS)S(S)(C[Si](OCC)(OCC)OCC)SS)C(S(S)(C[Si](OCC)(OCC)OCC)SS)(S(S)(C[Si](OCC)(OCC)OCC)SS)S(S)(C[Si](OCC)(OCC)OCC)SS)(OCC)OCC. The Morgan fingerprint density at radius 1 is 0.233 bits per heavy atom. The summed E-state index contributed by atoms with van der Waals surface area (Å²) in [4.78, 5) is 0. The summed E-state index contributed by atoms with van der Waals surface area (Å²) in [6, 6.07) is 0. The lowest BCUT2D eigenvalue weighted by Crippen LogP contribution is -2.74. The van der Waals surface area contributed by atoms with E-state index < -0.39 is 114 Å². The Morgan fingerprint density at radius 3 is 0.567 bits per heavy atom. The molecule has 0 spiro atoms. The molecule has 120 heavy (non-hydrogen) atoms. The Hall–Kier alpha value is 8.98. The van der Waals surface area contributed by atoms with Crippen LogP contribution in [0.1, 0.15) is 269 Å². The molecule has 0 heterocycles. The zero-order chi connectivity index (χ0) is 91.9. The first kappa shape index (κ1) is 129. The standard InChI is InChI=1S/C72H170O18S24Si6/c1-26-73-115(74-27-2,75-28-3)59-109(97,103-91)70(25,72(112(100,106-94)62-118(82-35-10,83-36-11)84-37-12,113(101,107-95)63-119(85-38-13,86-39-14)87-40-15)114(102,108-96)64-120(88-41-16,89-42-17)90-43-18)71(110(98,104-92)60-116(76-29-4,77-30-5)78-31-6,111(99,105-93)61-117(79-32-7,80-33-8)81-34-9)58-57-69(24)56-48-54-67(22)51-45-44-50-66(21)53-47-55-68(23)52-46-49-65(19)20/h65-69,91-102H,26-64H2,1-25H3. The van der Waals surface area contributed by atoms with Crippen molar-refractivity contribution in [1.82, 2.24) is 0 Å². The van der Waals surface area contributed by atoms with Gasteiger partial charge in [-0.3, -0.25) is 0 Å². The van der Waals surface area contributed by atoms with Gasteiger partial charge in [-0.2, -0.15) is 0 Å². The topological polar surface area (TPSA) is 166 Å². The largest absolute Gasteiger partial charge is 0.511 e. The first-order valence-electron chi connectivity index (χ1n) is 43.4. The van der Waals surface area contributed by atoms with Crippen molar-refractivity contribution in [2.75, 3.05) is 151 Å². The van der Waals surface area contributed by atoms with E-state index in [1.165, 1.54) is 123 Å². The third-order valence-electron chi connectivity index (χ3n) is 20.6. The number of thiol groups is 12. The molecule has 18 nitrogen and oxygen atoms in total. The first-order valence-corrected chi connectivity index (χ1v) is 86.4. The monoisotopic (exact) mass is 2260 g/mol. The summed E-state index contributed by atoms with van der Waals surface area (Å²) in [5.74, 6) is 2.79. The van der Waals surface area contributed by atoms with Crippen molar-refractivity contribution in [2.24, 2.45) is 29.6 Å². The Morgan fingerprint density at radius 2 is 0.392 bits per heavy atom. The second kappa shape index (κ2) is 65.9. The molecule has 0 saturated carbocycles. The van der Waals surface area contributed by atoms with E-state index in [9.17, 15) is 0 Å². The number of hydrogen-bond acceptors (Lipinski definition) is 36. The van der Waals surface area contributed by atoms with Gasteiger partial charge in [-0.25, -0.2) is 0 Å². The molecule has 0 radical (unpaired) electrons. The molecular weight excluding hydrogens is 2090 g/mol. The van der Waals surface area contributed by atoms with E-state index >= 15 is 0 Å². The van der Waals surface area contributed by atoms with Crippen molar-refractivity contribution in [3.05, 3.63) is 0 Å². The Labute approximate surface area is 831 Å². The lowest BCUT2D eigenvalue weighted by Gasteiger charge is -2.83. The van der Waals surface area contributed by atoms with Gasteiger partial charge < -0.3 is 79.7 Å². The molecule has 0 rings (SSSR count). The van der Waals surface area contributed by atoms with Gasteiger partial charge in [0.1, 0.15) is 3.41 Å². The fourth-order valence-corrected chi connectivity index (χ4v) is 150. The van der Waals surface area contributed by atoms with Crippen molar-refractivity contribution in [2.45, 2.75) is 282 Å². The van der Waals surface area contributed by atoms with E-state index in [0.717, 1.165) is 31.1 Å². The summed E-state index contributed by atoms with van der Waals surface area (Å²) in [5, 5.41) is 0.0165. The predicted molar refractivity (Wildman–Crippen MR) is 607 cm³/mol. The first-order chi connectivity index (χ1) is 56.7. The van der Waals surface area contributed by atoms with Crippen molar-refractivity contribution in [3.63, 3.8) is 0 Å². The molecular formula is C72H170O18S24Si6. The second-order valence-electron chi connectivity index (χ2n) is 29.8. The quantitative estimate of drug-likeness (QED) is 0.0120. The van der Waals surface area contributed by atoms with Gasteiger partial charge in [-0.15, -0.1) is 188 Å². The molecule has 0 aliphatic heterocycles. The van der Waals surface area contributed by atoms with Gasteiger partial charge in [0.25, 0.3) is 0 Å². The normalized spacial score (nSPS) is 20.4. The third-order valence-corrected chi connectivity index (χ3v) is 127. The van der Waals surface area contributed by atoms with Crippen LogP contribution in [0, 0.1) is 29.6 Å². The highest BCUT2D eigenvalue weighted by molar-refractivity contribution is 9.49. The zero-order valence-corrected chi connectivity index (χ0v) is 104. The van der Waals surface area contributed by atoms with Gasteiger partial charge in [0, 0.05) is 119 Å². The molecule has 0 aromatic carbocycles. The van der Waals surface area contributed by atoms with E-state index in [1.807, 2.05) is 125 Å². The third kappa shape index (κ3) is 35.6. The number of unbranched alkanes of at least 4 members (excludes halogenated alkanes) is 1. The molecule has 0 fully saturated rings. The van der Waals surface area contributed by atoms with Crippen LogP contribution in [0.2, 0.25) is 0 Å². The van der Waals surface area contributed by atoms with Gasteiger partial charge in [-0.1, -0.05) is 125 Å². The van der Waals surface area contributed by atoms with Crippen LogP contribution in [0.4, 0.5) is 0 Å². The molecule has 0 N–H and O–H groups in total. The van der Waals surface area contributed by atoms with Gasteiger partial charge in [0.15, 0.2) is 0 Å². The molecule has 0 aromatic rings. The molecule has 11 atom stereocenters. The maximum absolute atomic E-state index is 7.40. The Kier molecular flexibility index (Phi) is 70.8. The van der Waals surface area contributed by atoms with E-state index in [0.29, 0.717) is 18.3 Å². The molecule has 11 unspecified atom stereocenters. The van der Waals surface area contributed by atoms with Crippen LogP contribution in [-0.2, 0) is 79.7 Å². The van der Waals surface area contributed by atoms with E-state index in [1.54, 1.807) is 0 Å². The maximum atomic E-state index is 7.40. The lowest BCUT2D eigenvalue weighted by molar-refractivity contribution is 0.0760. The van der Waals surface area contributed by atoms with Gasteiger partial charge in [0.05, 0.1) is 41.1 Å². The lowest BCUT2D eigenvalue weighted by atomic mass is 9.90. The minimum atomic E-state index is -4.25. The molecule has 734 valence electrons. The van der Waals surface area contributed by atoms with Gasteiger partial charge in [-0.05, 0) is 233 Å². The minimum Gasteiger partial charge on any atom is -0.373 e. The molecule has 0 aliphatic carbocycles. The summed E-state index contributed by atoms with van der Waals surface area (Å²) < 4.78 is 127. The Bertz CT molecular complexity index is 2400. The van der Waals surface area contributed by atoms with Crippen molar-refractivity contribution < 1.29 is 79.7 Å². The van der Waals surface area contributed by atoms with Crippen molar-refractivity contribution in [3.8, 4) is 0 Å². The van der Waals surface area contributed by atoms with Crippen LogP contribution in [-0.4, -0.2) is 216 Å². The second-order valence-corrected chi connectivity index (χ2v) is 100. The molecule has 48 heteroatoms. The number of rotatable bonds is 82. The van der Waals surface area contributed by atoms with Crippen LogP contribution in [0.15, 0.2) is 0 Å². The predicted octanol–water partition coefficient (Wildman–Crippen LogP) is 28.5. The van der Waals surface area contributed by atoms with Gasteiger partial charge in [0.2, 0.25) is 0 Å². The van der Waals surface area contributed by atoms with E-state index in [-0.39, 0.29) is 164 Å². The Balaban J connectivity index is 12.5. The zero-order valence-electron chi connectivity index (χ0n) is 77.6. The highest BCUT2D eigenvalue weighted by Gasteiger charge is 2.88. The smallest absolute Gasteiger partial charge is 0.373 e. The fourth-order valence-electron chi connectivity index (χ4n) is 16.1. The van der Waals surface area contributed by atoms with Crippen LogP contribution in [0.3, 0.4) is 0 Å². The summed E-state index contributed by atoms with van der Waals surface area (Å²) in [6.45, 7) is 55.9. The van der Waals surface area contributed by atoms with Crippen molar-refractivity contribution >= 4 is 300 Å². The molecule has 0 amide bonds. The molecule has 0 aromatic heterocycles. The molecule has 0 bridgehead atoms. The highest BCUT2D eigenvalue weighted by atomic mass is 33.8. The summed E-state index contributed by atoms with van der Waals surface area (Å²) in [5.41, 5.74) is 0. The van der Waals surface area contributed by atoms with Crippen molar-refractivity contribution in [1.29, 1.82) is 0 Å². The summed E-state index contributed by atoms with van der Waals surface area (Å²) in [7, 11) is -38.4. The average Bonchev–Trinajstić information content (AvgIpc) is 0.631. The minimum absolute atomic E-state index is 0.00343. The average molecular weight is 2260 g/mol. The highest BCUT2D eigenvalue weighted by Crippen LogP contribution is 3.12. The van der Waals surface area contributed by atoms with Gasteiger partial charge >= 0.3 is 52.8 Å². The maximum Gasteiger partial charge on any atom is 0.511 e.